The van der Waals surface area contributed by atoms with E-state index in [0.717, 1.165) is 22.2 Å². The van der Waals surface area contributed by atoms with Crippen LogP contribution in [0, 0.1) is 6.92 Å². The van der Waals surface area contributed by atoms with Crippen molar-refractivity contribution in [3.8, 4) is 0 Å². The summed E-state index contributed by atoms with van der Waals surface area (Å²) in [6.07, 6.45) is 0.465. The van der Waals surface area contributed by atoms with Crippen LogP contribution in [-0.4, -0.2) is 22.3 Å². The maximum atomic E-state index is 11.4. The van der Waals surface area contributed by atoms with Gasteiger partial charge in [0.05, 0.1) is 6.42 Å². The van der Waals surface area contributed by atoms with Crippen molar-refractivity contribution >= 4 is 29.1 Å². The number of ether oxygens (including phenoxy) is 1. The number of thioether (sulfide) groups is 1. The molecule has 0 radical (unpaired) electrons. The first-order valence-electron chi connectivity index (χ1n) is 5.57. The molecule has 0 aliphatic rings. The Labute approximate surface area is 111 Å². The molecule has 0 saturated heterocycles. The number of carbonyl (C=O) groups is 1. The number of hydrogen-bond donors (Lipinski definition) is 0. The number of aromatic nitrogens is 1. The molecule has 0 amide bonds. The molecule has 5 heteroatoms. The summed E-state index contributed by atoms with van der Waals surface area (Å²) >= 11 is 3.39. The Hall–Kier alpha value is -0.550. The standard InChI is InChI=1S/C12H19NO2S2/c1-9-7-17-10(13-9)8-16-6-5-11(14)15-12(2,3)4/h7H,5-6,8H2,1-4H3. The summed E-state index contributed by atoms with van der Waals surface area (Å²) in [7, 11) is 0. The van der Waals surface area contributed by atoms with Crippen LogP contribution in [-0.2, 0) is 15.3 Å². The zero-order chi connectivity index (χ0) is 12.9. The van der Waals surface area contributed by atoms with Crippen LogP contribution in [0.4, 0.5) is 0 Å². The smallest absolute Gasteiger partial charge is 0.307 e. The Morgan fingerprint density at radius 1 is 1.53 bits per heavy atom. The number of thiazole rings is 1. The number of hydrogen-bond acceptors (Lipinski definition) is 5. The summed E-state index contributed by atoms with van der Waals surface area (Å²) < 4.78 is 5.23. The third-order valence-electron chi connectivity index (χ3n) is 1.76. The van der Waals surface area contributed by atoms with Crippen LogP contribution in [0.2, 0.25) is 0 Å². The van der Waals surface area contributed by atoms with Crippen molar-refractivity contribution in [2.75, 3.05) is 5.75 Å². The van der Waals surface area contributed by atoms with Crippen molar-refractivity contribution in [2.24, 2.45) is 0 Å². The van der Waals surface area contributed by atoms with Gasteiger partial charge in [0.25, 0.3) is 0 Å². The Morgan fingerprint density at radius 3 is 2.76 bits per heavy atom. The van der Waals surface area contributed by atoms with E-state index in [9.17, 15) is 4.79 Å². The molecular formula is C12H19NO2S2. The molecular weight excluding hydrogens is 254 g/mol. The number of esters is 1. The van der Waals surface area contributed by atoms with Crippen molar-refractivity contribution in [3.05, 3.63) is 16.1 Å². The van der Waals surface area contributed by atoms with Crippen molar-refractivity contribution in [1.29, 1.82) is 0 Å². The van der Waals surface area contributed by atoms with E-state index in [2.05, 4.69) is 4.98 Å². The third kappa shape index (κ3) is 6.68. The molecule has 17 heavy (non-hydrogen) atoms. The lowest BCUT2D eigenvalue weighted by Crippen LogP contribution is -2.24. The summed E-state index contributed by atoms with van der Waals surface area (Å²) in [6.45, 7) is 7.65. The lowest BCUT2D eigenvalue weighted by atomic mass is 10.2. The van der Waals surface area contributed by atoms with Crippen molar-refractivity contribution in [3.63, 3.8) is 0 Å². The van der Waals surface area contributed by atoms with Crippen LogP contribution >= 0.6 is 23.1 Å². The fourth-order valence-electron chi connectivity index (χ4n) is 1.18. The topological polar surface area (TPSA) is 39.2 Å². The van der Waals surface area contributed by atoms with Gasteiger partial charge in [0.15, 0.2) is 0 Å². The summed E-state index contributed by atoms with van der Waals surface area (Å²) in [4.78, 5) is 15.8. The number of nitrogens with zero attached hydrogens (tertiary/aromatic N) is 1. The maximum absolute atomic E-state index is 11.4. The molecule has 96 valence electrons. The first kappa shape index (κ1) is 14.5. The molecule has 0 N–H and O–H groups in total. The highest BCUT2D eigenvalue weighted by Gasteiger charge is 2.15. The van der Waals surface area contributed by atoms with Gasteiger partial charge in [-0.3, -0.25) is 4.79 Å². The predicted octanol–water partition coefficient (Wildman–Crippen LogP) is 3.42. The normalized spacial score (nSPS) is 11.5. The SMILES string of the molecule is Cc1csc(CSCCC(=O)OC(C)(C)C)n1. The van der Waals surface area contributed by atoms with E-state index in [1.807, 2.05) is 33.1 Å². The molecule has 0 unspecified atom stereocenters. The highest BCUT2D eigenvalue weighted by atomic mass is 32.2. The number of carbonyl (C=O) groups excluding carboxylic acids is 1. The van der Waals surface area contributed by atoms with Gasteiger partial charge in [0.1, 0.15) is 10.6 Å². The van der Waals surface area contributed by atoms with Gasteiger partial charge in [0.2, 0.25) is 0 Å². The van der Waals surface area contributed by atoms with Crippen molar-refractivity contribution in [1.82, 2.24) is 4.98 Å². The van der Waals surface area contributed by atoms with Gasteiger partial charge in [-0.05, 0) is 27.7 Å². The van der Waals surface area contributed by atoms with Gasteiger partial charge in [-0.25, -0.2) is 4.98 Å². The summed E-state index contributed by atoms with van der Waals surface area (Å²) in [5, 5.41) is 3.17. The zero-order valence-electron chi connectivity index (χ0n) is 10.8. The second-order valence-electron chi connectivity index (χ2n) is 4.77. The Morgan fingerprint density at radius 2 is 2.24 bits per heavy atom. The fraction of sp³-hybridized carbons (Fsp3) is 0.667. The van der Waals surface area contributed by atoms with E-state index in [4.69, 9.17) is 4.74 Å². The van der Waals surface area contributed by atoms with Crippen LogP contribution in [0.25, 0.3) is 0 Å². The minimum atomic E-state index is -0.381. The maximum Gasteiger partial charge on any atom is 0.307 e. The van der Waals surface area contributed by atoms with E-state index >= 15 is 0 Å². The molecule has 0 fully saturated rings. The quantitative estimate of drug-likeness (QED) is 0.609. The van der Waals surface area contributed by atoms with E-state index in [1.165, 1.54) is 0 Å². The highest BCUT2D eigenvalue weighted by Crippen LogP contribution is 2.17. The molecule has 3 nitrogen and oxygen atoms in total. The second kappa shape index (κ2) is 6.40. The molecule has 0 saturated carbocycles. The van der Waals surface area contributed by atoms with Gasteiger partial charge >= 0.3 is 5.97 Å². The van der Waals surface area contributed by atoms with E-state index < -0.39 is 0 Å². The van der Waals surface area contributed by atoms with Crippen LogP contribution in [0.5, 0.6) is 0 Å². The van der Waals surface area contributed by atoms with Crippen molar-refractivity contribution in [2.45, 2.75) is 45.5 Å². The fourth-order valence-corrected chi connectivity index (χ4v) is 2.95. The number of aryl methyl sites for hydroxylation is 1. The molecule has 1 aromatic rings. The van der Waals surface area contributed by atoms with E-state index in [0.29, 0.717) is 6.42 Å². The molecule has 0 spiro atoms. The van der Waals surface area contributed by atoms with Gasteiger partial charge < -0.3 is 4.74 Å². The zero-order valence-corrected chi connectivity index (χ0v) is 12.4. The summed E-state index contributed by atoms with van der Waals surface area (Å²) in [6, 6.07) is 0. The van der Waals surface area contributed by atoms with Crippen LogP contribution < -0.4 is 0 Å². The lowest BCUT2D eigenvalue weighted by molar-refractivity contribution is -0.154. The van der Waals surface area contributed by atoms with Gasteiger partial charge in [-0.15, -0.1) is 11.3 Å². The van der Waals surface area contributed by atoms with Crippen LogP contribution in [0.15, 0.2) is 5.38 Å². The summed E-state index contributed by atoms with van der Waals surface area (Å²) in [5.41, 5.74) is 0.687. The largest absolute Gasteiger partial charge is 0.460 e. The molecule has 0 aromatic carbocycles. The molecule has 1 rings (SSSR count). The number of rotatable bonds is 5. The van der Waals surface area contributed by atoms with Crippen LogP contribution in [0.3, 0.4) is 0 Å². The third-order valence-corrected chi connectivity index (χ3v) is 3.88. The van der Waals surface area contributed by atoms with Crippen molar-refractivity contribution < 1.29 is 9.53 Å². The average Bonchev–Trinajstić information content (AvgIpc) is 2.56. The van der Waals surface area contributed by atoms with Crippen LogP contribution in [0.1, 0.15) is 37.9 Å². The molecule has 0 aliphatic carbocycles. The monoisotopic (exact) mass is 273 g/mol. The Bertz CT molecular complexity index is 369. The van der Waals surface area contributed by atoms with E-state index in [-0.39, 0.29) is 11.6 Å². The van der Waals surface area contributed by atoms with E-state index in [1.54, 1.807) is 23.1 Å². The first-order chi connectivity index (χ1) is 7.87. The highest BCUT2D eigenvalue weighted by molar-refractivity contribution is 7.98. The van der Waals surface area contributed by atoms with Gasteiger partial charge in [-0.2, -0.15) is 11.8 Å². The summed E-state index contributed by atoms with van der Waals surface area (Å²) in [5.74, 6) is 1.54. The molecule has 1 heterocycles. The van der Waals surface area contributed by atoms with Gasteiger partial charge in [0, 0.05) is 22.6 Å². The average molecular weight is 273 g/mol. The lowest BCUT2D eigenvalue weighted by Gasteiger charge is -2.19. The molecule has 0 aliphatic heterocycles. The predicted molar refractivity (Wildman–Crippen MR) is 73.5 cm³/mol. The molecule has 0 atom stereocenters. The molecule has 0 bridgehead atoms. The minimum absolute atomic E-state index is 0.125. The Balaban J connectivity index is 2.14. The first-order valence-corrected chi connectivity index (χ1v) is 7.61. The molecule has 1 aromatic heterocycles. The minimum Gasteiger partial charge on any atom is -0.460 e. The van der Waals surface area contributed by atoms with Gasteiger partial charge in [-0.1, -0.05) is 0 Å². The second-order valence-corrected chi connectivity index (χ2v) is 6.82. The Kier molecular flexibility index (Phi) is 5.46.